The van der Waals surface area contributed by atoms with Crippen LogP contribution in [0, 0.1) is 6.92 Å². The first kappa shape index (κ1) is 15.9. The summed E-state index contributed by atoms with van der Waals surface area (Å²) < 4.78 is 0. The van der Waals surface area contributed by atoms with E-state index in [2.05, 4.69) is 5.32 Å². The van der Waals surface area contributed by atoms with E-state index in [4.69, 9.17) is 0 Å². The van der Waals surface area contributed by atoms with Gasteiger partial charge in [-0.1, -0.05) is 29.8 Å². The number of amides is 2. The lowest BCUT2D eigenvalue weighted by atomic mass is 10.1. The van der Waals surface area contributed by atoms with Gasteiger partial charge in [0.15, 0.2) is 0 Å². The van der Waals surface area contributed by atoms with Crippen LogP contribution in [0.3, 0.4) is 0 Å². The first-order chi connectivity index (χ1) is 9.90. The van der Waals surface area contributed by atoms with Crippen molar-refractivity contribution >= 4 is 23.6 Å². The molecule has 0 spiro atoms. The molecule has 0 saturated carbocycles. The Labute approximate surface area is 130 Å². The molecule has 1 aromatic carbocycles. The van der Waals surface area contributed by atoms with E-state index >= 15 is 0 Å². The molecule has 2 unspecified atom stereocenters. The first-order valence-electron chi connectivity index (χ1n) is 7.20. The molecule has 1 aromatic rings. The summed E-state index contributed by atoms with van der Waals surface area (Å²) in [6.07, 6.45) is 0. The van der Waals surface area contributed by atoms with Gasteiger partial charge in [0.05, 0.1) is 5.75 Å². The Morgan fingerprint density at radius 3 is 2.48 bits per heavy atom. The molecule has 4 nitrogen and oxygen atoms in total. The molecule has 1 N–H and O–H groups in total. The van der Waals surface area contributed by atoms with Crippen molar-refractivity contribution in [1.29, 1.82) is 0 Å². The molecule has 2 rings (SSSR count). The summed E-state index contributed by atoms with van der Waals surface area (Å²) in [7, 11) is 0. The van der Waals surface area contributed by atoms with Gasteiger partial charge in [-0.2, -0.15) is 0 Å². The molecular formula is C16H22N2O2S. The molecule has 2 atom stereocenters. The van der Waals surface area contributed by atoms with Gasteiger partial charge in [-0.3, -0.25) is 9.59 Å². The van der Waals surface area contributed by atoms with Gasteiger partial charge in [-0.05, 0) is 33.3 Å². The van der Waals surface area contributed by atoms with Crippen molar-refractivity contribution < 1.29 is 9.59 Å². The Balaban J connectivity index is 2.20. The normalized spacial score (nSPS) is 20.0. The molecule has 1 heterocycles. The SMILES string of the molecule is Cc1ccc(C2SCC(=O)N2C(C)C(=O)NC(C)C)cc1. The van der Waals surface area contributed by atoms with Gasteiger partial charge in [0.1, 0.15) is 11.4 Å². The minimum atomic E-state index is -0.457. The van der Waals surface area contributed by atoms with Gasteiger partial charge < -0.3 is 10.2 Å². The van der Waals surface area contributed by atoms with E-state index in [0.717, 1.165) is 5.56 Å². The molecule has 0 bridgehead atoms. The molecule has 1 fully saturated rings. The van der Waals surface area contributed by atoms with Crippen LogP contribution in [0.25, 0.3) is 0 Å². The monoisotopic (exact) mass is 306 g/mol. The Morgan fingerprint density at radius 2 is 1.90 bits per heavy atom. The number of hydrogen-bond acceptors (Lipinski definition) is 3. The van der Waals surface area contributed by atoms with Gasteiger partial charge in [0.2, 0.25) is 11.8 Å². The van der Waals surface area contributed by atoms with Crippen LogP contribution in [0.4, 0.5) is 0 Å². The lowest BCUT2D eigenvalue weighted by Gasteiger charge is -2.30. The fourth-order valence-corrected chi connectivity index (χ4v) is 3.63. The molecule has 0 radical (unpaired) electrons. The third-order valence-corrected chi connectivity index (χ3v) is 4.72. The van der Waals surface area contributed by atoms with Crippen LogP contribution >= 0.6 is 11.8 Å². The first-order valence-corrected chi connectivity index (χ1v) is 8.24. The summed E-state index contributed by atoms with van der Waals surface area (Å²) in [4.78, 5) is 26.1. The van der Waals surface area contributed by atoms with Crippen molar-refractivity contribution in [3.63, 3.8) is 0 Å². The highest BCUT2D eigenvalue weighted by Crippen LogP contribution is 2.39. The quantitative estimate of drug-likeness (QED) is 0.930. The number of carbonyl (C=O) groups is 2. The van der Waals surface area contributed by atoms with Crippen LogP contribution in [-0.4, -0.2) is 34.6 Å². The van der Waals surface area contributed by atoms with Crippen molar-refractivity contribution in [2.24, 2.45) is 0 Å². The van der Waals surface area contributed by atoms with E-state index in [1.165, 1.54) is 5.56 Å². The lowest BCUT2D eigenvalue weighted by Crippen LogP contribution is -2.48. The van der Waals surface area contributed by atoms with Crippen LogP contribution in [-0.2, 0) is 9.59 Å². The fraction of sp³-hybridized carbons (Fsp3) is 0.500. The van der Waals surface area contributed by atoms with E-state index in [9.17, 15) is 9.59 Å². The summed E-state index contributed by atoms with van der Waals surface area (Å²) in [5.41, 5.74) is 2.26. The summed E-state index contributed by atoms with van der Waals surface area (Å²) in [5.74, 6) is 0.354. The van der Waals surface area contributed by atoms with E-state index in [1.807, 2.05) is 45.0 Å². The zero-order valence-corrected chi connectivity index (χ0v) is 13.7. The molecule has 21 heavy (non-hydrogen) atoms. The average Bonchev–Trinajstić information content (AvgIpc) is 2.80. The summed E-state index contributed by atoms with van der Waals surface area (Å²) in [5, 5.41) is 2.80. The number of hydrogen-bond donors (Lipinski definition) is 1. The molecular weight excluding hydrogens is 284 g/mol. The Hall–Kier alpha value is -1.49. The molecule has 1 saturated heterocycles. The Morgan fingerprint density at radius 1 is 1.29 bits per heavy atom. The van der Waals surface area contributed by atoms with E-state index in [0.29, 0.717) is 5.75 Å². The zero-order chi connectivity index (χ0) is 15.6. The summed E-state index contributed by atoms with van der Waals surface area (Å²) in [6.45, 7) is 7.67. The average molecular weight is 306 g/mol. The minimum absolute atomic E-state index is 0.0250. The highest BCUT2D eigenvalue weighted by molar-refractivity contribution is 8.00. The van der Waals surface area contributed by atoms with Crippen molar-refractivity contribution in [1.82, 2.24) is 10.2 Å². The predicted molar refractivity (Wildman–Crippen MR) is 86.0 cm³/mol. The number of nitrogens with zero attached hydrogens (tertiary/aromatic N) is 1. The third kappa shape index (κ3) is 3.59. The van der Waals surface area contributed by atoms with Gasteiger partial charge in [-0.15, -0.1) is 11.8 Å². The lowest BCUT2D eigenvalue weighted by molar-refractivity contribution is -0.138. The van der Waals surface area contributed by atoms with Crippen LogP contribution in [0.15, 0.2) is 24.3 Å². The number of carbonyl (C=O) groups excluding carboxylic acids is 2. The minimum Gasteiger partial charge on any atom is -0.352 e. The van der Waals surface area contributed by atoms with E-state index in [1.54, 1.807) is 23.6 Å². The smallest absolute Gasteiger partial charge is 0.242 e. The van der Waals surface area contributed by atoms with Crippen molar-refractivity contribution in [3.8, 4) is 0 Å². The molecule has 1 aliphatic heterocycles. The maximum Gasteiger partial charge on any atom is 0.242 e. The van der Waals surface area contributed by atoms with Gasteiger partial charge in [-0.25, -0.2) is 0 Å². The number of rotatable bonds is 4. The number of nitrogens with one attached hydrogen (secondary N) is 1. The Bertz CT molecular complexity index is 528. The molecule has 0 aliphatic carbocycles. The maximum atomic E-state index is 12.2. The van der Waals surface area contributed by atoms with Crippen LogP contribution in [0.5, 0.6) is 0 Å². The maximum absolute atomic E-state index is 12.2. The fourth-order valence-electron chi connectivity index (χ4n) is 2.37. The molecule has 2 amide bonds. The van der Waals surface area contributed by atoms with Crippen LogP contribution in [0.1, 0.15) is 37.3 Å². The standard InChI is InChI=1S/C16H22N2O2S/c1-10(2)17-15(20)12(4)18-14(19)9-21-16(18)13-7-5-11(3)6-8-13/h5-8,10,12,16H,9H2,1-4H3,(H,17,20). The van der Waals surface area contributed by atoms with Gasteiger partial charge in [0, 0.05) is 6.04 Å². The predicted octanol–water partition coefficient (Wildman–Crippen LogP) is 2.48. The highest BCUT2D eigenvalue weighted by Gasteiger charge is 2.38. The van der Waals surface area contributed by atoms with E-state index < -0.39 is 6.04 Å². The summed E-state index contributed by atoms with van der Waals surface area (Å²) >= 11 is 1.58. The van der Waals surface area contributed by atoms with Gasteiger partial charge in [0.25, 0.3) is 0 Å². The molecule has 5 heteroatoms. The van der Waals surface area contributed by atoms with Crippen LogP contribution < -0.4 is 5.32 Å². The summed E-state index contributed by atoms with van der Waals surface area (Å²) in [6, 6.07) is 7.76. The van der Waals surface area contributed by atoms with Crippen molar-refractivity contribution in [3.05, 3.63) is 35.4 Å². The second-order valence-electron chi connectivity index (χ2n) is 5.71. The largest absolute Gasteiger partial charge is 0.352 e. The second kappa shape index (κ2) is 6.52. The number of aryl methyl sites for hydroxylation is 1. The Kier molecular flexibility index (Phi) is 4.93. The van der Waals surface area contributed by atoms with E-state index in [-0.39, 0.29) is 23.2 Å². The van der Waals surface area contributed by atoms with Gasteiger partial charge >= 0.3 is 0 Å². The van der Waals surface area contributed by atoms with Crippen LogP contribution in [0.2, 0.25) is 0 Å². The number of benzene rings is 1. The van der Waals surface area contributed by atoms with Crippen molar-refractivity contribution in [2.75, 3.05) is 5.75 Å². The topological polar surface area (TPSA) is 49.4 Å². The number of thioether (sulfide) groups is 1. The highest BCUT2D eigenvalue weighted by atomic mass is 32.2. The second-order valence-corrected chi connectivity index (χ2v) is 6.78. The molecule has 0 aromatic heterocycles. The van der Waals surface area contributed by atoms with Crippen molar-refractivity contribution in [2.45, 2.75) is 45.2 Å². The molecule has 1 aliphatic rings. The zero-order valence-electron chi connectivity index (χ0n) is 12.9. The molecule has 114 valence electrons. The third-order valence-electron chi connectivity index (χ3n) is 3.50.